The maximum atomic E-state index is 15.4. The van der Waals surface area contributed by atoms with Crippen LogP contribution >= 0.6 is 0 Å². The number of fused-ring (bicyclic) bond motifs is 1. The Bertz CT molecular complexity index is 1790. The van der Waals surface area contributed by atoms with Crippen molar-refractivity contribution < 1.29 is 23.0 Å². The smallest absolute Gasteiger partial charge is 0.194 e. The number of morpholine rings is 1. The van der Waals surface area contributed by atoms with Crippen LogP contribution in [-0.4, -0.2) is 65.9 Å². The molecule has 232 valence electrons. The molecule has 1 aromatic heterocycles. The van der Waals surface area contributed by atoms with Gasteiger partial charge in [-0.15, -0.1) is 0 Å². The van der Waals surface area contributed by atoms with E-state index in [1.54, 1.807) is 48.5 Å². The summed E-state index contributed by atoms with van der Waals surface area (Å²) in [5, 5.41) is 4.41. The van der Waals surface area contributed by atoms with E-state index in [4.69, 9.17) is 15.2 Å². The molecule has 2 N–H and O–H groups in total. The molecule has 45 heavy (non-hydrogen) atoms. The first-order valence-electron chi connectivity index (χ1n) is 15.4. The molecule has 0 amide bonds. The van der Waals surface area contributed by atoms with Crippen LogP contribution in [0.5, 0.6) is 11.5 Å². The van der Waals surface area contributed by atoms with E-state index >= 15 is 4.39 Å². The number of hydrogen-bond donors (Lipinski definition) is 1. The second kappa shape index (κ2) is 12.1. The number of ketones is 1. The highest BCUT2D eigenvalue weighted by molar-refractivity contribution is 6.15. The Morgan fingerprint density at radius 3 is 2.51 bits per heavy atom. The van der Waals surface area contributed by atoms with Gasteiger partial charge in [-0.3, -0.25) is 9.69 Å². The number of allylic oxidation sites excluding steroid dienone is 1. The molecule has 7 rings (SSSR count). The summed E-state index contributed by atoms with van der Waals surface area (Å²) >= 11 is 0. The minimum absolute atomic E-state index is 0.127. The van der Waals surface area contributed by atoms with Crippen molar-refractivity contribution in [2.75, 3.05) is 50.0 Å². The summed E-state index contributed by atoms with van der Waals surface area (Å²) in [5.74, 6) is -0.162. The highest BCUT2D eigenvalue weighted by Crippen LogP contribution is 2.35. The van der Waals surface area contributed by atoms with E-state index in [1.807, 2.05) is 13.0 Å². The van der Waals surface area contributed by atoms with Gasteiger partial charge in [-0.2, -0.15) is 5.10 Å². The standard InChI is InChI=1S/C35H35F2N5O3/c1-22-16-27(45-33-5-3-2-4-29(33)36)6-7-31(22)42-35(38)28(21-39-42)34(43)25-17-23-19-30(37)32(20-24(23)18-25)41-10-8-26(9-11-41)40-12-14-44-15-13-40/h2-7,16-17,19-21,26H,8-15,18,38H2,1H3. The first kappa shape index (κ1) is 29.2. The first-order chi connectivity index (χ1) is 21.9. The molecule has 2 saturated heterocycles. The van der Waals surface area contributed by atoms with Crippen molar-refractivity contribution in [1.29, 1.82) is 0 Å². The van der Waals surface area contributed by atoms with E-state index < -0.39 is 5.82 Å². The minimum Gasteiger partial charge on any atom is -0.454 e. The molecule has 3 heterocycles. The zero-order chi connectivity index (χ0) is 31.1. The summed E-state index contributed by atoms with van der Waals surface area (Å²) in [5.41, 5.74) is 11.0. The van der Waals surface area contributed by atoms with Crippen LogP contribution in [-0.2, 0) is 11.2 Å². The zero-order valence-corrected chi connectivity index (χ0v) is 25.1. The van der Waals surface area contributed by atoms with Gasteiger partial charge >= 0.3 is 0 Å². The lowest BCUT2D eigenvalue weighted by Crippen LogP contribution is -2.49. The third-order valence-corrected chi connectivity index (χ3v) is 9.09. The predicted octanol–water partition coefficient (Wildman–Crippen LogP) is 5.96. The molecule has 8 nitrogen and oxygen atoms in total. The number of benzene rings is 3. The van der Waals surface area contributed by atoms with Gasteiger partial charge in [0, 0.05) is 44.2 Å². The molecule has 3 aromatic carbocycles. The maximum Gasteiger partial charge on any atom is 0.194 e. The third-order valence-electron chi connectivity index (χ3n) is 9.09. The number of nitrogen functional groups attached to an aromatic ring is 1. The van der Waals surface area contributed by atoms with Crippen LogP contribution in [0.15, 0.2) is 66.4 Å². The number of carbonyl (C=O) groups is 1. The molecule has 0 spiro atoms. The van der Waals surface area contributed by atoms with Crippen LogP contribution < -0.4 is 15.4 Å². The number of aryl methyl sites for hydroxylation is 1. The van der Waals surface area contributed by atoms with Crippen LogP contribution in [0.4, 0.5) is 20.3 Å². The number of halogens is 2. The summed E-state index contributed by atoms with van der Waals surface area (Å²) in [4.78, 5) is 18.3. The summed E-state index contributed by atoms with van der Waals surface area (Å²) in [6.07, 6.45) is 5.60. The number of piperidine rings is 1. The summed E-state index contributed by atoms with van der Waals surface area (Å²) in [6, 6.07) is 15.4. The fourth-order valence-corrected chi connectivity index (χ4v) is 6.64. The predicted molar refractivity (Wildman–Crippen MR) is 169 cm³/mol. The topological polar surface area (TPSA) is 85.9 Å². The molecule has 0 atom stereocenters. The van der Waals surface area contributed by atoms with E-state index in [0.717, 1.165) is 68.9 Å². The number of carbonyl (C=O) groups excluding carboxylic acids is 1. The van der Waals surface area contributed by atoms with Crippen molar-refractivity contribution in [2.45, 2.75) is 32.2 Å². The fourth-order valence-electron chi connectivity index (χ4n) is 6.64. The lowest BCUT2D eigenvalue weighted by Gasteiger charge is -2.41. The van der Waals surface area contributed by atoms with E-state index in [-0.39, 0.29) is 28.7 Å². The van der Waals surface area contributed by atoms with Crippen LogP contribution in [0.1, 0.15) is 39.9 Å². The second-order valence-corrected chi connectivity index (χ2v) is 11.9. The minimum atomic E-state index is -0.454. The Balaban J connectivity index is 1.04. The number of para-hydroxylation sites is 1. The molecule has 2 fully saturated rings. The lowest BCUT2D eigenvalue weighted by molar-refractivity contribution is 0.0115. The molecular weight excluding hydrogens is 576 g/mol. The molecule has 1 aliphatic carbocycles. The van der Waals surface area contributed by atoms with Gasteiger partial charge in [0.1, 0.15) is 17.4 Å². The van der Waals surface area contributed by atoms with Gasteiger partial charge in [0.15, 0.2) is 17.3 Å². The van der Waals surface area contributed by atoms with E-state index in [0.29, 0.717) is 35.2 Å². The van der Waals surface area contributed by atoms with Crippen molar-refractivity contribution in [3.63, 3.8) is 0 Å². The summed E-state index contributed by atoms with van der Waals surface area (Å²) in [6.45, 7) is 6.93. The number of nitrogens with two attached hydrogens (primary N) is 1. The quantitative estimate of drug-likeness (QED) is 0.258. The maximum absolute atomic E-state index is 15.4. The van der Waals surface area contributed by atoms with Gasteiger partial charge in [0.05, 0.1) is 36.3 Å². The largest absolute Gasteiger partial charge is 0.454 e. The van der Waals surface area contributed by atoms with Crippen LogP contribution in [0.3, 0.4) is 0 Å². The first-order valence-corrected chi connectivity index (χ1v) is 15.4. The molecule has 4 aromatic rings. The monoisotopic (exact) mass is 611 g/mol. The van der Waals surface area contributed by atoms with Crippen LogP contribution in [0.2, 0.25) is 0 Å². The Morgan fingerprint density at radius 1 is 0.978 bits per heavy atom. The third kappa shape index (κ3) is 5.71. The van der Waals surface area contributed by atoms with Crippen molar-refractivity contribution >= 4 is 23.4 Å². The number of Topliss-reactive ketones (excluding diaryl/α,β-unsaturated/α-hetero) is 1. The van der Waals surface area contributed by atoms with Crippen molar-refractivity contribution in [1.82, 2.24) is 14.7 Å². The molecule has 0 bridgehead atoms. The van der Waals surface area contributed by atoms with Gasteiger partial charge < -0.3 is 20.1 Å². The molecule has 3 aliphatic rings. The van der Waals surface area contributed by atoms with Gasteiger partial charge in [-0.05, 0) is 85.0 Å². The summed E-state index contributed by atoms with van der Waals surface area (Å²) in [7, 11) is 0. The average molecular weight is 612 g/mol. The van der Waals surface area contributed by atoms with Gasteiger partial charge in [0.25, 0.3) is 0 Å². The van der Waals surface area contributed by atoms with Crippen LogP contribution in [0, 0.1) is 18.6 Å². The van der Waals surface area contributed by atoms with Crippen molar-refractivity contribution in [3.05, 3.63) is 100 Å². The fraction of sp³-hybridized carbons (Fsp3) is 0.314. The Kier molecular flexibility index (Phi) is 7.85. The average Bonchev–Trinajstić information content (AvgIpc) is 3.65. The number of rotatable bonds is 7. The highest BCUT2D eigenvalue weighted by Gasteiger charge is 2.29. The zero-order valence-electron chi connectivity index (χ0n) is 25.1. The molecule has 0 radical (unpaired) electrons. The van der Waals surface area contributed by atoms with E-state index in [2.05, 4.69) is 14.9 Å². The lowest BCUT2D eigenvalue weighted by atomic mass is 10.00. The summed E-state index contributed by atoms with van der Waals surface area (Å²) < 4.78 is 42.1. The SMILES string of the molecule is Cc1cc(Oc2ccccc2F)ccc1-n1ncc(C(=O)C2=Cc3cc(F)c(N4CCC(N5CCOCC5)CC4)cc3C2)c1N. The van der Waals surface area contributed by atoms with E-state index in [9.17, 15) is 9.18 Å². The van der Waals surface area contributed by atoms with Crippen molar-refractivity contribution in [3.8, 4) is 17.2 Å². The highest BCUT2D eigenvalue weighted by atomic mass is 19.1. The second-order valence-electron chi connectivity index (χ2n) is 11.9. The normalized spacial score (nSPS) is 17.3. The molecule has 2 aliphatic heterocycles. The number of hydrogen-bond acceptors (Lipinski definition) is 7. The molecular formula is C35H35F2N5O3. The van der Waals surface area contributed by atoms with Gasteiger partial charge in [-0.1, -0.05) is 12.1 Å². The Hall–Kier alpha value is -4.54. The van der Waals surface area contributed by atoms with Crippen molar-refractivity contribution in [2.24, 2.45) is 0 Å². The Labute approximate surface area is 260 Å². The van der Waals surface area contributed by atoms with Gasteiger partial charge in [-0.25, -0.2) is 13.5 Å². The van der Waals surface area contributed by atoms with Gasteiger partial charge in [0.2, 0.25) is 0 Å². The Morgan fingerprint density at radius 2 is 1.76 bits per heavy atom. The van der Waals surface area contributed by atoms with Crippen LogP contribution in [0.25, 0.3) is 11.8 Å². The molecule has 0 saturated carbocycles. The van der Waals surface area contributed by atoms with E-state index in [1.165, 1.54) is 16.9 Å². The number of aromatic nitrogens is 2. The number of nitrogens with zero attached hydrogens (tertiary/aromatic N) is 4. The molecule has 0 unspecified atom stereocenters. The molecule has 10 heteroatoms. The number of ether oxygens (including phenoxy) is 2. The number of anilines is 2.